The van der Waals surface area contributed by atoms with Crippen LogP contribution in [0.4, 0.5) is 10.5 Å². The lowest BCUT2D eigenvalue weighted by Gasteiger charge is -2.20. The summed E-state index contributed by atoms with van der Waals surface area (Å²) in [6.45, 7) is 2.15. The van der Waals surface area contributed by atoms with Crippen molar-refractivity contribution < 1.29 is 19.2 Å². The van der Waals surface area contributed by atoms with E-state index in [0.29, 0.717) is 23.4 Å². The Hall–Kier alpha value is -2.86. The first-order chi connectivity index (χ1) is 11.7. The van der Waals surface area contributed by atoms with Gasteiger partial charge >= 0.3 is 6.03 Å². The van der Waals surface area contributed by atoms with Gasteiger partial charge in [0.25, 0.3) is 5.91 Å². The van der Waals surface area contributed by atoms with Gasteiger partial charge < -0.3 is 10.1 Å². The highest BCUT2D eigenvalue weighted by Crippen LogP contribution is 2.15. The van der Waals surface area contributed by atoms with Crippen molar-refractivity contribution in [3.8, 4) is 5.75 Å². The molecule has 0 saturated heterocycles. The minimum Gasteiger partial charge on any atom is -0.497 e. The zero-order valence-corrected chi connectivity index (χ0v) is 13.7. The van der Waals surface area contributed by atoms with E-state index in [1.54, 1.807) is 55.6 Å². The van der Waals surface area contributed by atoms with Gasteiger partial charge in [-0.1, -0.05) is 25.1 Å². The van der Waals surface area contributed by atoms with E-state index in [2.05, 4.69) is 5.32 Å². The lowest BCUT2D eigenvalue weighted by atomic mass is 10.2. The van der Waals surface area contributed by atoms with E-state index in [-0.39, 0.29) is 6.61 Å². The number of methoxy groups -OCH3 is 1. The molecule has 0 atom stereocenters. The fourth-order valence-electron chi connectivity index (χ4n) is 1.94. The van der Waals surface area contributed by atoms with E-state index >= 15 is 0 Å². The van der Waals surface area contributed by atoms with Crippen molar-refractivity contribution >= 4 is 17.6 Å². The van der Waals surface area contributed by atoms with Crippen molar-refractivity contribution in [1.82, 2.24) is 5.06 Å². The third-order valence-corrected chi connectivity index (χ3v) is 3.16. The maximum absolute atomic E-state index is 12.6. The Balaban J connectivity index is 2.16. The number of benzene rings is 2. The van der Waals surface area contributed by atoms with Gasteiger partial charge in [-0.05, 0) is 42.8 Å². The molecular weight excluding hydrogens is 308 g/mol. The smallest absolute Gasteiger partial charge is 0.353 e. The molecule has 6 heteroatoms. The topological polar surface area (TPSA) is 67.9 Å². The average molecular weight is 328 g/mol. The molecule has 0 aliphatic carbocycles. The number of nitrogens with one attached hydrogen (secondary N) is 1. The third kappa shape index (κ3) is 4.57. The van der Waals surface area contributed by atoms with Crippen LogP contribution in [0.3, 0.4) is 0 Å². The predicted molar refractivity (Wildman–Crippen MR) is 90.9 cm³/mol. The van der Waals surface area contributed by atoms with E-state index in [1.165, 1.54) is 0 Å². The summed E-state index contributed by atoms with van der Waals surface area (Å²) in [5.41, 5.74) is 0.908. The summed E-state index contributed by atoms with van der Waals surface area (Å²) in [7, 11) is 1.54. The summed E-state index contributed by atoms with van der Waals surface area (Å²) < 4.78 is 5.07. The highest BCUT2D eigenvalue weighted by molar-refractivity contribution is 6.06. The van der Waals surface area contributed by atoms with Gasteiger partial charge in [0.1, 0.15) is 5.75 Å². The van der Waals surface area contributed by atoms with Gasteiger partial charge in [-0.3, -0.25) is 9.63 Å². The van der Waals surface area contributed by atoms with Gasteiger partial charge in [0.2, 0.25) is 0 Å². The Kier molecular flexibility index (Phi) is 6.33. The van der Waals surface area contributed by atoms with E-state index < -0.39 is 11.9 Å². The molecular formula is C18H20N2O4. The number of hydrogen-bond acceptors (Lipinski definition) is 4. The molecule has 0 spiro atoms. The second-order valence-corrected chi connectivity index (χ2v) is 4.96. The first kappa shape index (κ1) is 17.5. The second-order valence-electron chi connectivity index (χ2n) is 4.96. The molecule has 0 heterocycles. The third-order valence-electron chi connectivity index (χ3n) is 3.16. The first-order valence-corrected chi connectivity index (χ1v) is 7.63. The first-order valence-electron chi connectivity index (χ1n) is 7.63. The zero-order chi connectivity index (χ0) is 17.4. The van der Waals surface area contributed by atoms with E-state index in [1.807, 2.05) is 13.0 Å². The van der Waals surface area contributed by atoms with Crippen molar-refractivity contribution in [2.24, 2.45) is 0 Å². The van der Waals surface area contributed by atoms with Crippen LogP contribution in [0.15, 0.2) is 54.6 Å². The number of hydrogen-bond donors (Lipinski definition) is 1. The molecule has 126 valence electrons. The Morgan fingerprint density at radius 1 is 1.04 bits per heavy atom. The van der Waals surface area contributed by atoms with Gasteiger partial charge in [0.15, 0.2) is 0 Å². The number of hydroxylamine groups is 2. The maximum Gasteiger partial charge on any atom is 0.353 e. The number of carbonyl (C=O) groups excluding carboxylic acids is 2. The zero-order valence-electron chi connectivity index (χ0n) is 13.7. The summed E-state index contributed by atoms with van der Waals surface area (Å²) in [6, 6.07) is 14.7. The van der Waals surface area contributed by atoms with Crippen LogP contribution in [0.2, 0.25) is 0 Å². The Bertz CT molecular complexity index is 671. The second kappa shape index (κ2) is 8.69. The van der Waals surface area contributed by atoms with Crippen LogP contribution in [-0.4, -0.2) is 30.7 Å². The van der Waals surface area contributed by atoms with Crippen LogP contribution in [0.1, 0.15) is 23.7 Å². The van der Waals surface area contributed by atoms with Crippen molar-refractivity contribution in [3.63, 3.8) is 0 Å². The lowest BCUT2D eigenvalue weighted by molar-refractivity contribution is -0.0837. The van der Waals surface area contributed by atoms with Crippen LogP contribution in [0, 0.1) is 0 Å². The molecule has 2 aromatic rings. The largest absolute Gasteiger partial charge is 0.497 e. The quantitative estimate of drug-likeness (QED) is 0.821. The molecule has 0 fully saturated rings. The number of imide groups is 1. The predicted octanol–water partition coefficient (Wildman–Crippen LogP) is 3.71. The van der Waals surface area contributed by atoms with E-state index in [0.717, 1.165) is 5.06 Å². The van der Waals surface area contributed by atoms with Crippen LogP contribution in [0.25, 0.3) is 0 Å². The van der Waals surface area contributed by atoms with Crippen molar-refractivity contribution in [2.75, 3.05) is 19.0 Å². The molecule has 2 rings (SSSR count). The average Bonchev–Trinajstić information content (AvgIpc) is 2.62. The van der Waals surface area contributed by atoms with E-state index in [9.17, 15) is 9.59 Å². The summed E-state index contributed by atoms with van der Waals surface area (Å²) >= 11 is 0. The SMILES string of the molecule is CCCON(C(=O)Nc1ccccc1)C(=O)c1ccc(OC)cc1. The maximum atomic E-state index is 12.6. The number of urea groups is 1. The summed E-state index contributed by atoms with van der Waals surface area (Å²) in [4.78, 5) is 30.3. The molecule has 6 nitrogen and oxygen atoms in total. The molecule has 0 aromatic heterocycles. The minimum absolute atomic E-state index is 0.254. The molecule has 24 heavy (non-hydrogen) atoms. The fraction of sp³-hybridized carbons (Fsp3) is 0.222. The number of nitrogens with zero attached hydrogens (tertiary/aromatic N) is 1. The summed E-state index contributed by atoms with van der Waals surface area (Å²) in [5, 5.41) is 3.39. The van der Waals surface area contributed by atoms with Crippen LogP contribution < -0.4 is 10.1 Å². The Morgan fingerprint density at radius 3 is 2.29 bits per heavy atom. The number of anilines is 1. The highest BCUT2D eigenvalue weighted by atomic mass is 16.7. The fourth-order valence-corrected chi connectivity index (χ4v) is 1.94. The Labute approximate surface area is 140 Å². The number of carbonyl (C=O) groups is 2. The van der Waals surface area contributed by atoms with Crippen LogP contribution in [0.5, 0.6) is 5.75 Å². The lowest BCUT2D eigenvalue weighted by Crippen LogP contribution is -2.40. The van der Waals surface area contributed by atoms with Gasteiger partial charge in [-0.15, -0.1) is 5.06 Å². The molecule has 1 N–H and O–H groups in total. The molecule has 2 aromatic carbocycles. The van der Waals surface area contributed by atoms with Crippen LogP contribution >= 0.6 is 0 Å². The summed E-state index contributed by atoms with van der Waals surface area (Å²) in [5.74, 6) is 0.0841. The molecule has 0 unspecified atom stereocenters. The molecule has 0 aliphatic rings. The van der Waals surface area contributed by atoms with Gasteiger partial charge in [0, 0.05) is 11.3 Å². The molecule has 0 saturated carbocycles. The Morgan fingerprint density at radius 2 is 1.71 bits per heavy atom. The number of para-hydroxylation sites is 1. The van der Waals surface area contributed by atoms with Crippen molar-refractivity contribution in [1.29, 1.82) is 0 Å². The molecule has 0 aliphatic heterocycles. The molecule has 0 bridgehead atoms. The van der Waals surface area contributed by atoms with Gasteiger partial charge in [-0.25, -0.2) is 4.79 Å². The van der Waals surface area contributed by atoms with Gasteiger partial charge in [-0.2, -0.15) is 0 Å². The molecule has 3 amide bonds. The van der Waals surface area contributed by atoms with E-state index in [4.69, 9.17) is 9.57 Å². The van der Waals surface area contributed by atoms with Crippen molar-refractivity contribution in [2.45, 2.75) is 13.3 Å². The standard InChI is InChI=1S/C18H20N2O4/c1-3-13-24-20(18(22)19-15-7-5-4-6-8-15)17(21)14-9-11-16(23-2)12-10-14/h4-12H,3,13H2,1-2H3,(H,19,22). The summed E-state index contributed by atoms with van der Waals surface area (Å²) in [6.07, 6.45) is 0.672. The van der Waals surface area contributed by atoms with Crippen LogP contribution in [-0.2, 0) is 4.84 Å². The number of rotatable bonds is 6. The normalized spacial score (nSPS) is 10.1. The minimum atomic E-state index is -0.643. The van der Waals surface area contributed by atoms with Gasteiger partial charge in [0.05, 0.1) is 13.7 Å². The van der Waals surface area contributed by atoms with Crippen molar-refractivity contribution in [3.05, 3.63) is 60.2 Å². The number of ether oxygens (including phenoxy) is 1. The molecule has 0 radical (unpaired) electrons. The highest BCUT2D eigenvalue weighted by Gasteiger charge is 2.24. The monoisotopic (exact) mass is 328 g/mol. The number of amides is 3.